The molecule has 0 heterocycles. The fourth-order valence-corrected chi connectivity index (χ4v) is 2.94. The molecule has 0 spiro atoms. The van der Waals surface area contributed by atoms with Gasteiger partial charge in [-0.05, 0) is 29.3 Å². The Morgan fingerprint density at radius 1 is 0.786 bits per heavy atom. The Labute approximate surface area is 168 Å². The molecule has 0 saturated carbocycles. The number of hydrogen-bond donors (Lipinski definition) is 0. The zero-order valence-electron chi connectivity index (χ0n) is 15.1. The molecular weight excluding hydrogens is 376 g/mol. The molecule has 0 atom stereocenters. The molecular formula is C23H19ClO4. The Hall–Kier alpha value is -3.11. The molecule has 142 valence electrons. The highest BCUT2D eigenvalue weighted by Gasteiger charge is 2.14. The second-order valence-corrected chi connectivity index (χ2v) is 6.53. The largest absolute Gasteiger partial charge is 0.482 e. The smallest absolute Gasteiger partial charge is 0.344 e. The van der Waals surface area contributed by atoms with E-state index in [9.17, 15) is 9.59 Å². The number of rotatable bonds is 8. The van der Waals surface area contributed by atoms with Crippen molar-refractivity contribution in [3.63, 3.8) is 0 Å². The molecule has 0 N–H and O–H groups in total. The Balaban J connectivity index is 1.54. The van der Waals surface area contributed by atoms with Gasteiger partial charge in [0.05, 0.1) is 5.02 Å². The van der Waals surface area contributed by atoms with Crippen LogP contribution in [-0.4, -0.2) is 25.0 Å². The topological polar surface area (TPSA) is 52.6 Å². The third kappa shape index (κ3) is 5.44. The summed E-state index contributed by atoms with van der Waals surface area (Å²) in [7, 11) is 0. The molecule has 0 aliphatic carbocycles. The quantitative estimate of drug-likeness (QED) is 0.409. The van der Waals surface area contributed by atoms with Gasteiger partial charge in [-0.1, -0.05) is 72.3 Å². The third-order valence-corrected chi connectivity index (χ3v) is 4.42. The maximum Gasteiger partial charge on any atom is 0.344 e. The fraction of sp³-hybridized carbons (Fsp3) is 0.130. The second-order valence-electron chi connectivity index (χ2n) is 6.12. The first-order valence-corrected chi connectivity index (χ1v) is 9.19. The lowest BCUT2D eigenvalue weighted by Crippen LogP contribution is -2.20. The maximum atomic E-state index is 12.1. The Kier molecular flexibility index (Phi) is 6.82. The van der Waals surface area contributed by atoms with Crippen LogP contribution in [0, 0.1) is 0 Å². The molecule has 0 radical (unpaired) electrons. The minimum Gasteiger partial charge on any atom is -0.482 e. The van der Waals surface area contributed by atoms with Crippen molar-refractivity contribution in [1.82, 2.24) is 0 Å². The van der Waals surface area contributed by atoms with Crippen LogP contribution in [0.2, 0.25) is 5.02 Å². The van der Waals surface area contributed by atoms with Crippen molar-refractivity contribution < 1.29 is 19.1 Å². The average Bonchev–Trinajstić information content (AvgIpc) is 2.72. The van der Waals surface area contributed by atoms with Gasteiger partial charge in [-0.25, -0.2) is 4.79 Å². The normalized spacial score (nSPS) is 10.3. The molecule has 3 aromatic rings. The van der Waals surface area contributed by atoms with E-state index in [0.29, 0.717) is 22.8 Å². The molecule has 5 heteroatoms. The summed E-state index contributed by atoms with van der Waals surface area (Å²) in [6.07, 6.45) is 0.692. The van der Waals surface area contributed by atoms with E-state index in [1.165, 1.54) is 0 Å². The van der Waals surface area contributed by atoms with Crippen molar-refractivity contribution in [2.24, 2.45) is 0 Å². The van der Waals surface area contributed by atoms with Crippen molar-refractivity contribution in [2.75, 3.05) is 13.2 Å². The van der Waals surface area contributed by atoms with E-state index in [-0.39, 0.29) is 19.0 Å². The van der Waals surface area contributed by atoms with Crippen LogP contribution in [-0.2, 0) is 16.0 Å². The van der Waals surface area contributed by atoms with E-state index in [1.807, 2.05) is 48.5 Å². The van der Waals surface area contributed by atoms with Crippen molar-refractivity contribution in [1.29, 1.82) is 0 Å². The molecule has 0 unspecified atom stereocenters. The molecule has 3 aromatic carbocycles. The maximum absolute atomic E-state index is 12.1. The first-order valence-electron chi connectivity index (χ1n) is 8.81. The highest BCUT2D eigenvalue weighted by atomic mass is 35.5. The molecule has 0 fully saturated rings. The highest BCUT2D eigenvalue weighted by molar-refractivity contribution is 6.34. The minimum absolute atomic E-state index is 0.276. The SMILES string of the molecule is O=C(COc1ccccc1Cc1ccccc1)OCC(=O)c1ccccc1Cl. The van der Waals surface area contributed by atoms with E-state index in [1.54, 1.807) is 30.3 Å². The number of para-hydroxylation sites is 1. The van der Waals surface area contributed by atoms with Crippen molar-refractivity contribution in [3.05, 3.63) is 101 Å². The summed E-state index contributed by atoms with van der Waals surface area (Å²) in [6, 6.07) is 24.1. The van der Waals surface area contributed by atoms with Crippen molar-refractivity contribution in [3.8, 4) is 5.75 Å². The minimum atomic E-state index is -0.616. The van der Waals surface area contributed by atoms with Gasteiger partial charge in [-0.2, -0.15) is 0 Å². The standard InChI is InChI=1S/C23H19ClO4/c24-20-12-6-5-11-19(20)21(25)15-28-23(26)16-27-22-13-7-4-10-18(22)14-17-8-2-1-3-9-17/h1-13H,14-16H2. The Morgan fingerprint density at radius 3 is 2.25 bits per heavy atom. The van der Waals surface area contributed by atoms with Gasteiger partial charge in [0.15, 0.2) is 13.2 Å². The predicted octanol–water partition coefficient (Wildman–Crippen LogP) is 4.74. The van der Waals surface area contributed by atoms with Gasteiger partial charge in [0.1, 0.15) is 5.75 Å². The number of ketones is 1. The predicted molar refractivity (Wildman–Crippen MR) is 108 cm³/mol. The summed E-state index contributed by atoms with van der Waals surface area (Å²) in [5.41, 5.74) is 2.44. The van der Waals surface area contributed by atoms with Crippen molar-refractivity contribution >= 4 is 23.4 Å². The number of halogens is 1. The van der Waals surface area contributed by atoms with E-state index in [4.69, 9.17) is 21.1 Å². The van der Waals surface area contributed by atoms with Crippen LogP contribution >= 0.6 is 11.6 Å². The van der Waals surface area contributed by atoms with Crippen molar-refractivity contribution in [2.45, 2.75) is 6.42 Å². The number of benzene rings is 3. The number of carbonyl (C=O) groups is 2. The van der Waals surface area contributed by atoms with Gasteiger partial charge in [-0.15, -0.1) is 0 Å². The molecule has 0 amide bonds. The van der Waals surface area contributed by atoms with E-state index in [2.05, 4.69) is 0 Å². The van der Waals surface area contributed by atoms with Crippen LogP contribution in [0.1, 0.15) is 21.5 Å². The lowest BCUT2D eigenvalue weighted by atomic mass is 10.0. The van der Waals surface area contributed by atoms with Gasteiger partial charge in [-0.3, -0.25) is 4.79 Å². The van der Waals surface area contributed by atoms with Crippen LogP contribution in [0.3, 0.4) is 0 Å². The second kappa shape index (κ2) is 9.72. The molecule has 0 aromatic heterocycles. The molecule has 0 aliphatic heterocycles. The average molecular weight is 395 g/mol. The summed E-state index contributed by atoms with van der Waals surface area (Å²) in [5.74, 6) is -0.362. The molecule has 3 rings (SSSR count). The monoisotopic (exact) mass is 394 g/mol. The molecule has 0 saturated heterocycles. The summed E-state index contributed by atoms with van der Waals surface area (Å²) < 4.78 is 10.6. The zero-order chi connectivity index (χ0) is 19.8. The lowest BCUT2D eigenvalue weighted by Gasteiger charge is -2.11. The summed E-state index contributed by atoms with van der Waals surface area (Å²) in [5, 5.41) is 0.328. The van der Waals surface area contributed by atoms with Gasteiger partial charge >= 0.3 is 5.97 Å². The van der Waals surface area contributed by atoms with Gasteiger partial charge in [0, 0.05) is 12.0 Å². The number of carbonyl (C=O) groups excluding carboxylic acids is 2. The van der Waals surface area contributed by atoms with Crippen LogP contribution in [0.5, 0.6) is 5.75 Å². The Bertz CT molecular complexity index is 954. The van der Waals surface area contributed by atoms with Gasteiger partial charge in [0.25, 0.3) is 0 Å². The van der Waals surface area contributed by atoms with Crippen LogP contribution < -0.4 is 4.74 Å². The van der Waals surface area contributed by atoms with E-state index >= 15 is 0 Å². The first kappa shape index (κ1) is 19.6. The zero-order valence-corrected chi connectivity index (χ0v) is 15.9. The molecule has 0 bridgehead atoms. The summed E-state index contributed by atoms with van der Waals surface area (Å²) >= 11 is 5.97. The number of ether oxygens (including phenoxy) is 2. The molecule has 28 heavy (non-hydrogen) atoms. The number of hydrogen-bond acceptors (Lipinski definition) is 4. The first-order chi connectivity index (χ1) is 13.6. The van der Waals surface area contributed by atoms with E-state index < -0.39 is 5.97 Å². The third-order valence-electron chi connectivity index (χ3n) is 4.09. The highest BCUT2D eigenvalue weighted by Crippen LogP contribution is 2.21. The summed E-state index contributed by atoms with van der Waals surface area (Å²) in [6.45, 7) is -0.654. The van der Waals surface area contributed by atoms with Gasteiger partial charge < -0.3 is 9.47 Å². The van der Waals surface area contributed by atoms with E-state index in [0.717, 1.165) is 11.1 Å². The summed E-state index contributed by atoms with van der Waals surface area (Å²) in [4.78, 5) is 24.1. The number of Topliss-reactive ketones (excluding diaryl/α,β-unsaturated/α-hetero) is 1. The Morgan fingerprint density at radius 2 is 1.46 bits per heavy atom. The molecule has 0 aliphatic rings. The van der Waals surface area contributed by atoms with Crippen LogP contribution in [0.15, 0.2) is 78.9 Å². The van der Waals surface area contributed by atoms with Crippen LogP contribution in [0.25, 0.3) is 0 Å². The van der Waals surface area contributed by atoms with Crippen LogP contribution in [0.4, 0.5) is 0 Å². The fourth-order valence-electron chi connectivity index (χ4n) is 2.70. The van der Waals surface area contributed by atoms with Gasteiger partial charge in [0.2, 0.25) is 5.78 Å². The lowest BCUT2D eigenvalue weighted by molar-refractivity contribution is -0.144. The number of esters is 1. The molecule has 4 nitrogen and oxygen atoms in total.